The Balaban J connectivity index is 0.00000196. The van der Waals surface area contributed by atoms with Crippen LogP contribution in [-0.4, -0.2) is 24.4 Å². The second kappa shape index (κ2) is 8.42. The van der Waals surface area contributed by atoms with Crippen LogP contribution in [0.25, 0.3) is 0 Å². The number of aliphatic hydroxyl groups is 1. The number of hydrogen-bond donors (Lipinski definition) is 1. The number of aliphatic hydroxyl groups excluding tert-OH is 1. The molecule has 1 heterocycles. The van der Waals surface area contributed by atoms with Crippen molar-refractivity contribution < 1.29 is 31.4 Å². The van der Waals surface area contributed by atoms with Crippen molar-refractivity contribution in [3.8, 4) is 12.3 Å². The van der Waals surface area contributed by atoms with Crippen molar-refractivity contribution in [1.82, 2.24) is 0 Å². The maximum atomic E-state index is 9.51. The van der Waals surface area contributed by atoms with Crippen molar-refractivity contribution in [2.24, 2.45) is 0 Å². The number of terminal acetylenes is 1. The van der Waals surface area contributed by atoms with Gasteiger partial charge in [-0.2, -0.15) is 0 Å². The van der Waals surface area contributed by atoms with E-state index >= 15 is 0 Å². The van der Waals surface area contributed by atoms with Gasteiger partial charge in [-0.15, -0.1) is 6.42 Å². The fraction of sp³-hybridized carbons (Fsp3) is 0.364. The molecule has 4 heteroatoms. The monoisotopic (exact) mass is 271 g/mol. The van der Waals surface area contributed by atoms with Gasteiger partial charge >= 0.3 is 0 Å². The van der Waals surface area contributed by atoms with Gasteiger partial charge in [0.25, 0.3) is 0 Å². The van der Waals surface area contributed by atoms with Gasteiger partial charge in [0.15, 0.2) is 18.9 Å². The summed E-state index contributed by atoms with van der Waals surface area (Å²) >= 11 is 0. The summed E-state index contributed by atoms with van der Waals surface area (Å²) in [7, 11) is 0. The van der Waals surface area contributed by atoms with Crippen molar-refractivity contribution >= 4 is 0 Å². The Bertz CT molecular complexity index is 297. The Kier molecular flexibility index (Phi) is 7.92. The van der Waals surface area contributed by atoms with E-state index < -0.39 is 6.10 Å². The molecule has 0 bridgehead atoms. The van der Waals surface area contributed by atoms with Gasteiger partial charge in [-0.3, -0.25) is 0 Å². The van der Waals surface area contributed by atoms with E-state index in [-0.39, 0.29) is 30.2 Å². The largest absolute Gasteiger partial charge is 1.00 e. The topological polar surface area (TPSA) is 33.3 Å². The lowest BCUT2D eigenvalue weighted by Crippen LogP contribution is -3.00. The summed E-state index contributed by atoms with van der Waals surface area (Å²) < 4.78 is 6.91. The van der Waals surface area contributed by atoms with E-state index in [0.717, 1.165) is 0 Å². The van der Waals surface area contributed by atoms with Crippen LogP contribution in [0.4, 0.5) is 0 Å². The highest BCUT2D eigenvalue weighted by Gasteiger charge is 2.09. The maximum Gasteiger partial charge on any atom is 0.176 e. The third-order valence-electron chi connectivity index (χ3n) is 1.69. The van der Waals surface area contributed by atoms with E-state index in [1.807, 2.05) is 35.2 Å². The molecule has 0 aliphatic rings. The molecule has 0 aliphatic carbocycles. The molecule has 0 spiro atoms. The maximum absolute atomic E-state index is 9.51. The number of pyridine rings is 1. The zero-order valence-corrected chi connectivity index (χ0v) is 9.93. The molecular weight excluding hydrogens is 258 g/mol. The molecule has 1 N–H and O–H groups in total. The highest BCUT2D eigenvalue weighted by molar-refractivity contribution is 4.84. The van der Waals surface area contributed by atoms with Gasteiger partial charge in [0.2, 0.25) is 0 Å². The minimum Gasteiger partial charge on any atom is -1.00 e. The first kappa shape index (κ1) is 14.1. The van der Waals surface area contributed by atoms with Crippen LogP contribution in [0.1, 0.15) is 0 Å². The highest BCUT2D eigenvalue weighted by atomic mass is 79.9. The molecule has 1 aromatic heterocycles. The predicted octanol–water partition coefficient (Wildman–Crippen LogP) is -3.01. The Labute approximate surface area is 100 Å². The van der Waals surface area contributed by atoms with Gasteiger partial charge in [-0.1, -0.05) is 12.0 Å². The SMILES string of the molecule is C#CCOCC(O)C[n+]1ccccc1.[Br-]. The quantitative estimate of drug-likeness (QED) is 0.352. The average molecular weight is 272 g/mol. The highest BCUT2D eigenvalue weighted by Crippen LogP contribution is 1.86. The Morgan fingerprint density at radius 1 is 1.33 bits per heavy atom. The molecule has 3 nitrogen and oxygen atoms in total. The minimum atomic E-state index is -0.518. The number of hydrogen-bond acceptors (Lipinski definition) is 2. The number of halogens is 1. The second-order valence-electron chi connectivity index (χ2n) is 2.95. The first-order chi connectivity index (χ1) is 6.83. The van der Waals surface area contributed by atoms with Gasteiger partial charge in [0, 0.05) is 12.1 Å². The van der Waals surface area contributed by atoms with Crippen LogP contribution in [0.5, 0.6) is 0 Å². The van der Waals surface area contributed by atoms with E-state index in [1.54, 1.807) is 0 Å². The van der Waals surface area contributed by atoms with Gasteiger partial charge in [-0.25, -0.2) is 4.57 Å². The predicted molar refractivity (Wildman–Crippen MR) is 52.3 cm³/mol. The molecule has 0 amide bonds. The van der Waals surface area contributed by atoms with Gasteiger partial charge in [0.05, 0.1) is 6.61 Å². The first-order valence-corrected chi connectivity index (χ1v) is 4.46. The van der Waals surface area contributed by atoms with Gasteiger partial charge in [-0.05, 0) is 0 Å². The fourth-order valence-electron chi connectivity index (χ4n) is 1.11. The molecule has 1 atom stereocenters. The van der Waals surface area contributed by atoms with Crippen molar-refractivity contribution in [3.63, 3.8) is 0 Å². The van der Waals surface area contributed by atoms with Crippen LogP contribution < -0.4 is 21.5 Å². The average Bonchev–Trinajstić information content (AvgIpc) is 2.20. The lowest BCUT2D eigenvalue weighted by molar-refractivity contribution is -0.703. The summed E-state index contributed by atoms with van der Waals surface area (Å²) in [5.74, 6) is 2.35. The van der Waals surface area contributed by atoms with Crippen LogP contribution in [0, 0.1) is 12.3 Å². The number of nitrogens with zero attached hydrogens (tertiary/aromatic N) is 1. The third kappa shape index (κ3) is 6.24. The van der Waals surface area contributed by atoms with Crippen LogP contribution in [0.2, 0.25) is 0 Å². The first-order valence-electron chi connectivity index (χ1n) is 4.46. The molecule has 0 aliphatic heterocycles. The van der Waals surface area contributed by atoms with E-state index in [1.165, 1.54) is 0 Å². The molecule has 1 rings (SSSR count). The lowest BCUT2D eigenvalue weighted by atomic mass is 10.3. The minimum absolute atomic E-state index is 0. The molecule has 15 heavy (non-hydrogen) atoms. The lowest BCUT2D eigenvalue weighted by Gasteiger charge is -2.05. The van der Waals surface area contributed by atoms with E-state index in [9.17, 15) is 5.11 Å². The molecule has 0 saturated carbocycles. The number of aromatic nitrogens is 1. The van der Waals surface area contributed by atoms with E-state index in [0.29, 0.717) is 6.54 Å². The zero-order chi connectivity index (χ0) is 10.2. The Hall–Kier alpha value is -0.890. The summed E-state index contributed by atoms with van der Waals surface area (Å²) in [5, 5.41) is 9.51. The molecule has 0 fully saturated rings. The fourth-order valence-corrected chi connectivity index (χ4v) is 1.11. The second-order valence-corrected chi connectivity index (χ2v) is 2.95. The summed E-state index contributed by atoms with van der Waals surface area (Å²) in [5.41, 5.74) is 0. The van der Waals surface area contributed by atoms with Crippen molar-refractivity contribution in [1.29, 1.82) is 0 Å². The molecule has 0 saturated heterocycles. The Morgan fingerprint density at radius 3 is 2.60 bits per heavy atom. The molecule has 0 radical (unpaired) electrons. The number of ether oxygens (including phenoxy) is 1. The van der Waals surface area contributed by atoms with Gasteiger partial charge in [0.1, 0.15) is 12.7 Å². The molecule has 0 aromatic carbocycles. The molecular formula is C11H14BrNO2. The summed E-state index contributed by atoms with van der Waals surface area (Å²) in [6.07, 6.45) is 8.27. The van der Waals surface area contributed by atoms with Crippen LogP contribution in [0.3, 0.4) is 0 Å². The molecule has 1 unspecified atom stereocenters. The van der Waals surface area contributed by atoms with E-state index in [2.05, 4.69) is 5.92 Å². The Morgan fingerprint density at radius 2 is 2.00 bits per heavy atom. The summed E-state index contributed by atoms with van der Waals surface area (Å²) in [4.78, 5) is 0. The van der Waals surface area contributed by atoms with Crippen LogP contribution >= 0.6 is 0 Å². The van der Waals surface area contributed by atoms with E-state index in [4.69, 9.17) is 11.2 Å². The van der Waals surface area contributed by atoms with Crippen LogP contribution in [0.15, 0.2) is 30.6 Å². The molecule has 82 valence electrons. The normalized spacial score (nSPS) is 11.2. The van der Waals surface area contributed by atoms with Crippen molar-refractivity contribution in [2.75, 3.05) is 13.2 Å². The smallest absolute Gasteiger partial charge is 0.176 e. The summed E-state index contributed by atoms with van der Waals surface area (Å²) in [6, 6.07) is 5.75. The van der Waals surface area contributed by atoms with Gasteiger partial charge < -0.3 is 26.8 Å². The van der Waals surface area contributed by atoms with Crippen molar-refractivity contribution in [3.05, 3.63) is 30.6 Å². The summed E-state index contributed by atoms with van der Waals surface area (Å²) in [6.45, 7) is 1.04. The molecule has 1 aromatic rings. The number of rotatable bonds is 5. The standard InChI is InChI=1S/C11H14NO2.BrH/c1-2-8-14-10-11(13)9-12-6-4-3-5-7-12;/h1,3-7,11,13H,8-10H2;1H/q+1;/p-1. The third-order valence-corrected chi connectivity index (χ3v) is 1.69. The van der Waals surface area contributed by atoms with Crippen LogP contribution in [-0.2, 0) is 11.3 Å². The zero-order valence-electron chi connectivity index (χ0n) is 8.34. The van der Waals surface area contributed by atoms with Crippen molar-refractivity contribution in [2.45, 2.75) is 12.6 Å².